The zero-order valence-corrected chi connectivity index (χ0v) is 21.3. The van der Waals surface area contributed by atoms with Crippen molar-refractivity contribution in [2.75, 3.05) is 6.54 Å². The summed E-state index contributed by atoms with van der Waals surface area (Å²) >= 11 is 0. The summed E-state index contributed by atoms with van der Waals surface area (Å²) in [5.41, 5.74) is 3.74. The quantitative estimate of drug-likeness (QED) is 0.342. The molecule has 8 heteroatoms. The third-order valence-electron chi connectivity index (χ3n) is 7.19. The van der Waals surface area contributed by atoms with Gasteiger partial charge in [-0.15, -0.1) is 0 Å². The predicted molar refractivity (Wildman–Crippen MR) is 141 cm³/mol. The molecule has 7 nitrogen and oxygen atoms in total. The van der Waals surface area contributed by atoms with Crippen molar-refractivity contribution in [2.24, 2.45) is 5.92 Å². The van der Waals surface area contributed by atoms with Gasteiger partial charge < -0.3 is 19.4 Å². The summed E-state index contributed by atoms with van der Waals surface area (Å²) in [6.07, 6.45) is 5.90. The summed E-state index contributed by atoms with van der Waals surface area (Å²) in [6.45, 7) is 1.10. The number of hydrogen-bond donors (Lipinski definition) is 1. The number of aromatic nitrogens is 1. The van der Waals surface area contributed by atoms with Crippen molar-refractivity contribution in [3.8, 4) is 5.75 Å². The maximum absolute atomic E-state index is 14.2. The lowest BCUT2D eigenvalue weighted by Gasteiger charge is -2.38. The van der Waals surface area contributed by atoms with E-state index in [1.807, 2.05) is 41.3 Å². The van der Waals surface area contributed by atoms with E-state index < -0.39 is 0 Å². The number of hydrogen-bond acceptors (Lipinski definition) is 5. The lowest BCUT2D eigenvalue weighted by atomic mass is 9.87. The highest BCUT2D eigenvalue weighted by atomic mass is 19.1. The summed E-state index contributed by atoms with van der Waals surface area (Å²) in [4.78, 5) is 31.5. The minimum Gasteiger partial charge on any atom is -0.486 e. The molecule has 6 rings (SSSR count). The van der Waals surface area contributed by atoms with Crippen LogP contribution in [-0.4, -0.2) is 28.2 Å². The molecule has 198 valence electrons. The fourth-order valence-corrected chi connectivity index (χ4v) is 5.02. The first-order valence-electron chi connectivity index (χ1n) is 13.1. The summed E-state index contributed by atoms with van der Waals surface area (Å²) in [6, 6.07) is 18.9. The van der Waals surface area contributed by atoms with Crippen LogP contribution >= 0.6 is 0 Å². The van der Waals surface area contributed by atoms with Crippen LogP contribution in [0.15, 0.2) is 83.5 Å². The lowest BCUT2D eigenvalue weighted by molar-refractivity contribution is -0.134. The van der Waals surface area contributed by atoms with Gasteiger partial charge in [0.1, 0.15) is 23.9 Å². The van der Waals surface area contributed by atoms with E-state index >= 15 is 0 Å². The van der Waals surface area contributed by atoms with Crippen molar-refractivity contribution >= 4 is 11.8 Å². The number of furan rings is 1. The van der Waals surface area contributed by atoms with Crippen LogP contribution < -0.4 is 10.1 Å². The fraction of sp³-hybridized carbons (Fsp3) is 0.258. The molecule has 1 unspecified atom stereocenters. The van der Waals surface area contributed by atoms with Gasteiger partial charge in [-0.1, -0.05) is 18.2 Å². The smallest absolute Gasteiger partial charge is 0.287 e. The average Bonchev–Trinajstić information content (AvgIpc) is 3.71. The molecule has 1 fully saturated rings. The van der Waals surface area contributed by atoms with Crippen LogP contribution in [0, 0.1) is 11.7 Å². The Balaban J connectivity index is 1.17. The number of carbonyl (C=O) groups is 2. The van der Waals surface area contributed by atoms with Gasteiger partial charge in [0.2, 0.25) is 5.91 Å². The van der Waals surface area contributed by atoms with Crippen LogP contribution in [0.1, 0.15) is 57.5 Å². The van der Waals surface area contributed by atoms with Crippen molar-refractivity contribution in [1.82, 2.24) is 15.2 Å². The number of halogens is 1. The minimum atomic E-state index is -0.375. The Morgan fingerprint density at radius 3 is 2.69 bits per heavy atom. The second-order valence-electron chi connectivity index (χ2n) is 9.97. The average molecular weight is 526 g/mol. The molecule has 0 radical (unpaired) electrons. The lowest BCUT2D eigenvalue weighted by Crippen LogP contribution is -2.41. The van der Waals surface area contributed by atoms with E-state index in [1.165, 1.54) is 12.1 Å². The molecule has 1 atom stereocenters. The molecular weight excluding hydrogens is 497 g/mol. The summed E-state index contributed by atoms with van der Waals surface area (Å²) in [5, 5.41) is 2.83. The molecule has 0 saturated heterocycles. The number of rotatable bonds is 8. The number of nitrogens with zero attached hydrogens (tertiary/aromatic N) is 2. The van der Waals surface area contributed by atoms with Gasteiger partial charge in [-0.2, -0.15) is 0 Å². The number of benzene rings is 2. The molecule has 2 aromatic carbocycles. The Kier molecular flexibility index (Phi) is 6.84. The number of fused-ring (bicyclic) bond motifs is 1. The monoisotopic (exact) mass is 525 g/mol. The Labute approximate surface area is 225 Å². The molecule has 0 spiro atoms. The zero-order chi connectivity index (χ0) is 26.8. The van der Waals surface area contributed by atoms with E-state index in [0.717, 1.165) is 41.5 Å². The van der Waals surface area contributed by atoms with E-state index in [9.17, 15) is 14.0 Å². The van der Waals surface area contributed by atoms with E-state index in [-0.39, 0.29) is 42.0 Å². The molecule has 4 aromatic rings. The number of carbonyl (C=O) groups excluding carboxylic acids is 2. The highest BCUT2D eigenvalue weighted by Gasteiger charge is 2.39. The number of pyridine rings is 1. The SMILES string of the molecule is O=C(NCc1ccncc1)c1ccc(COc2ccc3c(c2)C(c2cccc(F)c2)N(C(=O)C2CC2)CC3)o1. The molecule has 1 aliphatic heterocycles. The number of ether oxygens (including phenoxy) is 1. The number of amides is 2. The van der Waals surface area contributed by atoms with Crippen LogP contribution in [0.3, 0.4) is 0 Å². The van der Waals surface area contributed by atoms with Crippen LogP contribution in [0.5, 0.6) is 5.75 Å². The van der Waals surface area contributed by atoms with Crippen molar-refractivity contribution in [2.45, 2.75) is 38.5 Å². The molecule has 39 heavy (non-hydrogen) atoms. The number of nitrogens with one attached hydrogen (secondary N) is 1. The largest absolute Gasteiger partial charge is 0.486 e. The third kappa shape index (κ3) is 5.55. The maximum atomic E-state index is 14.2. The predicted octanol–water partition coefficient (Wildman–Crippen LogP) is 5.21. The Morgan fingerprint density at radius 2 is 1.90 bits per heavy atom. The van der Waals surface area contributed by atoms with Crippen molar-refractivity contribution in [3.63, 3.8) is 0 Å². The first-order chi connectivity index (χ1) is 19.0. The molecule has 2 aromatic heterocycles. The molecular formula is C31H28FN3O4. The Morgan fingerprint density at radius 1 is 1.05 bits per heavy atom. The normalized spacial score (nSPS) is 16.4. The highest BCUT2D eigenvalue weighted by Crippen LogP contribution is 2.41. The Hall–Kier alpha value is -4.46. The molecule has 1 saturated carbocycles. The molecule has 1 N–H and O–H groups in total. The topological polar surface area (TPSA) is 84.7 Å². The van der Waals surface area contributed by atoms with Crippen LogP contribution in [0.2, 0.25) is 0 Å². The van der Waals surface area contributed by atoms with E-state index in [2.05, 4.69) is 10.3 Å². The second-order valence-corrected chi connectivity index (χ2v) is 9.97. The van der Waals surface area contributed by atoms with Crippen LogP contribution in [0.25, 0.3) is 0 Å². The van der Waals surface area contributed by atoms with Gasteiger partial charge in [0, 0.05) is 31.4 Å². The summed E-state index contributed by atoms with van der Waals surface area (Å²) in [5.74, 6) is 0.872. The van der Waals surface area contributed by atoms with Gasteiger partial charge in [-0.3, -0.25) is 14.6 Å². The standard InChI is InChI=1S/C31H28FN3O4/c32-24-3-1-2-23(16-24)29-27-17-25(7-6-21(27)12-15-35(29)31(37)22-4-5-22)38-19-26-8-9-28(39-26)30(36)34-18-20-10-13-33-14-11-20/h1-3,6-11,13-14,16-17,22,29H,4-5,12,15,18-19H2,(H,34,36). The van der Waals surface area contributed by atoms with Gasteiger partial charge in [0.05, 0.1) is 6.04 Å². The van der Waals surface area contributed by atoms with Gasteiger partial charge >= 0.3 is 0 Å². The first kappa shape index (κ1) is 24.9. The van der Waals surface area contributed by atoms with Gasteiger partial charge in [-0.25, -0.2) is 4.39 Å². The van der Waals surface area contributed by atoms with Gasteiger partial charge in [0.15, 0.2) is 5.76 Å². The van der Waals surface area contributed by atoms with E-state index in [1.54, 1.807) is 30.6 Å². The van der Waals surface area contributed by atoms with Gasteiger partial charge in [0.25, 0.3) is 5.91 Å². The molecule has 2 aliphatic rings. The summed E-state index contributed by atoms with van der Waals surface area (Å²) < 4.78 is 26.0. The van der Waals surface area contributed by atoms with Crippen molar-refractivity contribution in [3.05, 3.63) is 119 Å². The first-order valence-corrected chi connectivity index (χ1v) is 13.1. The highest BCUT2D eigenvalue weighted by molar-refractivity contribution is 5.91. The van der Waals surface area contributed by atoms with Crippen molar-refractivity contribution in [1.29, 1.82) is 0 Å². The van der Waals surface area contributed by atoms with E-state index in [4.69, 9.17) is 9.15 Å². The van der Waals surface area contributed by atoms with Crippen molar-refractivity contribution < 1.29 is 23.1 Å². The van der Waals surface area contributed by atoms with Crippen LogP contribution in [-0.2, 0) is 24.4 Å². The van der Waals surface area contributed by atoms with Crippen LogP contribution in [0.4, 0.5) is 4.39 Å². The molecule has 2 amide bonds. The molecule has 1 aliphatic carbocycles. The van der Waals surface area contributed by atoms with E-state index in [0.29, 0.717) is 24.6 Å². The fourth-order valence-electron chi connectivity index (χ4n) is 5.02. The van der Waals surface area contributed by atoms with Gasteiger partial charge in [-0.05, 0) is 90.0 Å². The second kappa shape index (κ2) is 10.7. The molecule has 3 heterocycles. The Bertz CT molecular complexity index is 1500. The third-order valence-corrected chi connectivity index (χ3v) is 7.19. The molecule has 0 bridgehead atoms. The maximum Gasteiger partial charge on any atom is 0.287 e. The summed E-state index contributed by atoms with van der Waals surface area (Å²) in [7, 11) is 0. The zero-order valence-electron chi connectivity index (χ0n) is 21.3. The minimum absolute atomic E-state index is 0.0668.